The summed E-state index contributed by atoms with van der Waals surface area (Å²) in [5, 5.41) is 3.23. The number of imidazole rings is 1. The van der Waals surface area contributed by atoms with E-state index in [9.17, 15) is 13.2 Å². The lowest BCUT2D eigenvalue weighted by atomic mass is 10.1. The average molecular weight is 271 g/mol. The topological polar surface area (TPSA) is 40.7 Å². The highest BCUT2D eigenvalue weighted by Gasteiger charge is 2.31. The van der Waals surface area contributed by atoms with Gasteiger partial charge < -0.3 is 10.3 Å². The molecule has 0 saturated heterocycles. The van der Waals surface area contributed by atoms with E-state index >= 15 is 0 Å². The third kappa shape index (κ3) is 2.73. The highest BCUT2D eigenvalue weighted by molar-refractivity contribution is 5.76. The number of benzene rings is 1. The molecule has 0 aliphatic heterocycles. The molecule has 0 fully saturated rings. The van der Waals surface area contributed by atoms with Crippen molar-refractivity contribution in [2.24, 2.45) is 0 Å². The third-order valence-electron chi connectivity index (χ3n) is 3.02. The number of hydrogen-bond donors (Lipinski definition) is 2. The fourth-order valence-corrected chi connectivity index (χ4v) is 2.01. The Kier molecular flexibility index (Phi) is 3.30. The zero-order chi connectivity index (χ0) is 14.3. The molecule has 0 unspecified atom stereocenters. The first-order chi connectivity index (χ1) is 8.74. The SMILES string of the molecule is CCNC(C)(C)c1nc2ccc(C(F)(F)F)cc2[nH]1. The van der Waals surface area contributed by atoms with Crippen LogP contribution in [0.1, 0.15) is 32.2 Å². The molecular formula is C13H16F3N3. The summed E-state index contributed by atoms with van der Waals surface area (Å²) in [6.45, 7) is 6.57. The maximum Gasteiger partial charge on any atom is 0.416 e. The summed E-state index contributed by atoms with van der Waals surface area (Å²) in [7, 11) is 0. The number of H-pyrrole nitrogens is 1. The first kappa shape index (κ1) is 13.9. The fourth-order valence-electron chi connectivity index (χ4n) is 2.01. The van der Waals surface area contributed by atoms with Crippen molar-refractivity contribution >= 4 is 11.0 Å². The quantitative estimate of drug-likeness (QED) is 0.898. The summed E-state index contributed by atoms with van der Waals surface area (Å²) in [5.41, 5.74) is -0.146. The number of fused-ring (bicyclic) bond motifs is 1. The van der Waals surface area contributed by atoms with Gasteiger partial charge in [0.15, 0.2) is 0 Å². The van der Waals surface area contributed by atoms with Crippen LogP contribution in [-0.4, -0.2) is 16.5 Å². The van der Waals surface area contributed by atoms with Crippen LogP contribution in [0.5, 0.6) is 0 Å². The maximum absolute atomic E-state index is 12.6. The van der Waals surface area contributed by atoms with Crippen molar-refractivity contribution in [2.75, 3.05) is 6.54 Å². The van der Waals surface area contributed by atoms with E-state index in [0.29, 0.717) is 16.9 Å². The van der Waals surface area contributed by atoms with Gasteiger partial charge in [0.2, 0.25) is 0 Å². The maximum atomic E-state index is 12.6. The van der Waals surface area contributed by atoms with Crippen molar-refractivity contribution in [3.05, 3.63) is 29.6 Å². The van der Waals surface area contributed by atoms with Crippen LogP contribution in [0.4, 0.5) is 13.2 Å². The van der Waals surface area contributed by atoms with Crippen LogP contribution in [0.2, 0.25) is 0 Å². The van der Waals surface area contributed by atoms with Gasteiger partial charge in [-0.15, -0.1) is 0 Å². The highest BCUT2D eigenvalue weighted by Crippen LogP contribution is 2.31. The van der Waals surface area contributed by atoms with Crippen LogP contribution in [0, 0.1) is 0 Å². The minimum Gasteiger partial charge on any atom is -0.340 e. The monoisotopic (exact) mass is 271 g/mol. The second kappa shape index (κ2) is 4.52. The molecule has 0 radical (unpaired) electrons. The lowest BCUT2D eigenvalue weighted by Crippen LogP contribution is -2.37. The van der Waals surface area contributed by atoms with Gasteiger partial charge in [-0.1, -0.05) is 6.92 Å². The summed E-state index contributed by atoms with van der Waals surface area (Å²) in [4.78, 5) is 7.30. The van der Waals surface area contributed by atoms with Crippen molar-refractivity contribution in [3.63, 3.8) is 0 Å². The lowest BCUT2D eigenvalue weighted by molar-refractivity contribution is -0.137. The van der Waals surface area contributed by atoms with Crippen molar-refractivity contribution in [1.29, 1.82) is 0 Å². The molecule has 2 rings (SSSR count). The average Bonchev–Trinajstić information content (AvgIpc) is 2.70. The van der Waals surface area contributed by atoms with E-state index in [1.807, 2.05) is 20.8 Å². The molecule has 0 saturated carbocycles. The second-order valence-corrected chi connectivity index (χ2v) is 4.97. The third-order valence-corrected chi connectivity index (χ3v) is 3.02. The second-order valence-electron chi connectivity index (χ2n) is 4.97. The molecule has 0 aliphatic carbocycles. The molecule has 1 heterocycles. The Bertz CT molecular complexity index is 584. The summed E-state index contributed by atoms with van der Waals surface area (Å²) >= 11 is 0. The zero-order valence-electron chi connectivity index (χ0n) is 11.0. The van der Waals surface area contributed by atoms with Gasteiger partial charge in [-0.05, 0) is 38.6 Å². The van der Waals surface area contributed by atoms with Gasteiger partial charge in [0.25, 0.3) is 0 Å². The van der Waals surface area contributed by atoms with E-state index in [0.717, 1.165) is 18.7 Å². The molecule has 3 nitrogen and oxygen atoms in total. The highest BCUT2D eigenvalue weighted by atomic mass is 19.4. The van der Waals surface area contributed by atoms with Crippen LogP contribution in [0.15, 0.2) is 18.2 Å². The predicted molar refractivity (Wildman–Crippen MR) is 67.8 cm³/mol. The van der Waals surface area contributed by atoms with E-state index in [-0.39, 0.29) is 0 Å². The number of halogens is 3. The smallest absolute Gasteiger partial charge is 0.340 e. The normalized spacial score (nSPS) is 13.2. The van der Waals surface area contributed by atoms with Crippen molar-refractivity contribution in [2.45, 2.75) is 32.5 Å². The van der Waals surface area contributed by atoms with Crippen LogP contribution in [0.3, 0.4) is 0 Å². The number of aromatic nitrogens is 2. The standard InChI is InChI=1S/C13H16F3N3/c1-4-17-12(2,3)11-18-9-6-5-8(13(14,15)16)7-10(9)19-11/h5-7,17H,4H2,1-3H3,(H,18,19). The van der Waals surface area contributed by atoms with Crippen molar-refractivity contribution in [1.82, 2.24) is 15.3 Å². The van der Waals surface area contributed by atoms with Crippen molar-refractivity contribution < 1.29 is 13.2 Å². The van der Waals surface area contributed by atoms with Gasteiger partial charge in [-0.2, -0.15) is 13.2 Å². The summed E-state index contributed by atoms with van der Waals surface area (Å²) in [6, 6.07) is 3.53. The Balaban J connectivity index is 2.47. The Morgan fingerprint density at radius 2 is 1.95 bits per heavy atom. The fraction of sp³-hybridized carbons (Fsp3) is 0.462. The molecule has 0 amide bonds. The molecule has 1 aromatic heterocycles. The van der Waals surface area contributed by atoms with Gasteiger partial charge in [0, 0.05) is 0 Å². The molecule has 0 spiro atoms. The largest absolute Gasteiger partial charge is 0.416 e. The van der Waals surface area contributed by atoms with E-state index < -0.39 is 17.3 Å². The minimum absolute atomic E-state index is 0.399. The van der Waals surface area contributed by atoms with Gasteiger partial charge in [0.1, 0.15) is 5.82 Å². The Morgan fingerprint density at radius 1 is 1.26 bits per heavy atom. The van der Waals surface area contributed by atoms with Crippen LogP contribution in [0.25, 0.3) is 11.0 Å². The van der Waals surface area contributed by atoms with Crippen LogP contribution < -0.4 is 5.32 Å². The van der Waals surface area contributed by atoms with Crippen LogP contribution in [-0.2, 0) is 11.7 Å². The first-order valence-corrected chi connectivity index (χ1v) is 6.06. The zero-order valence-corrected chi connectivity index (χ0v) is 11.0. The number of nitrogens with zero attached hydrogens (tertiary/aromatic N) is 1. The van der Waals surface area contributed by atoms with E-state index in [1.165, 1.54) is 6.07 Å². The number of rotatable bonds is 3. The summed E-state index contributed by atoms with van der Waals surface area (Å²) in [5.74, 6) is 0.628. The molecule has 19 heavy (non-hydrogen) atoms. The Morgan fingerprint density at radius 3 is 2.53 bits per heavy atom. The number of nitrogens with one attached hydrogen (secondary N) is 2. The number of hydrogen-bond acceptors (Lipinski definition) is 2. The molecule has 2 aromatic rings. The van der Waals surface area contributed by atoms with E-state index in [4.69, 9.17) is 0 Å². The molecule has 0 aliphatic rings. The number of alkyl halides is 3. The van der Waals surface area contributed by atoms with Gasteiger partial charge in [-0.25, -0.2) is 4.98 Å². The van der Waals surface area contributed by atoms with Gasteiger partial charge >= 0.3 is 6.18 Å². The summed E-state index contributed by atoms with van der Waals surface area (Å²) in [6.07, 6.45) is -4.34. The first-order valence-electron chi connectivity index (χ1n) is 6.06. The van der Waals surface area contributed by atoms with E-state index in [1.54, 1.807) is 0 Å². The molecule has 0 atom stereocenters. The molecule has 6 heteroatoms. The van der Waals surface area contributed by atoms with Gasteiger partial charge in [-0.3, -0.25) is 0 Å². The molecule has 0 bridgehead atoms. The molecule has 2 N–H and O–H groups in total. The van der Waals surface area contributed by atoms with Crippen molar-refractivity contribution in [3.8, 4) is 0 Å². The minimum atomic E-state index is -4.34. The Labute approximate surface area is 109 Å². The van der Waals surface area contributed by atoms with E-state index in [2.05, 4.69) is 15.3 Å². The Hall–Kier alpha value is -1.56. The van der Waals surface area contributed by atoms with Crippen LogP contribution >= 0.6 is 0 Å². The number of aromatic amines is 1. The molecule has 1 aromatic carbocycles. The van der Waals surface area contributed by atoms with Gasteiger partial charge in [0.05, 0.1) is 22.1 Å². The molecule has 104 valence electrons. The molecular weight excluding hydrogens is 255 g/mol. The predicted octanol–water partition coefficient (Wildman–Crippen LogP) is 3.43. The lowest BCUT2D eigenvalue weighted by Gasteiger charge is -2.22. The summed E-state index contributed by atoms with van der Waals surface area (Å²) < 4.78 is 37.9.